The van der Waals surface area contributed by atoms with E-state index in [1.54, 1.807) is 0 Å². The van der Waals surface area contributed by atoms with Crippen LogP contribution in [0, 0.1) is 5.92 Å². The fraction of sp³-hybridized carbons (Fsp3) is 1.00. The van der Waals surface area contributed by atoms with Gasteiger partial charge in [-0.05, 0) is 45.1 Å². The highest BCUT2D eigenvalue weighted by molar-refractivity contribution is 4.95. The van der Waals surface area contributed by atoms with Crippen molar-refractivity contribution in [3.63, 3.8) is 0 Å². The van der Waals surface area contributed by atoms with E-state index < -0.39 is 0 Å². The zero-order valence-electron chi connectivity index (χ0n) is 14.6. The van der Waals surface area contributed by atoms with E-state index in [0.717, 1.165) is 18.5 Å². The van der Waals surface area contributed by atoms with Gasteiger partial charge in [0.2, 0.25) is 0 Å². The van der Waals surface area contributed by atoms with Crippen LogP contribution in [0.5, 0.6) is 0 Å². The maximum absolute atomic E-state index is 6.33. The molecule has 2 heteroatoms. The smallest absolute Gasteiger partial charge is 0.0331 e. The lowest BCUT2D eigenvalue weighted by atomic mass is 9.85. The summed E-state index contributed by atoms with van der Waals surface area (Å²) in [7, 11) is 2.39. The molecular weight excluding hydrogens is 256 g/mol. The quantitative estimate of drug-likeness (QED) is 0.743. The van der Waals surface area contributed by atoms with Crippen LogP contribution < -0.4 is 5.73 Å². The number of rotatable bonds is 5. The van der Waals surface area contributed by atoms with Crippen LogP contribution in [-0.4, -0.2) is 30.1 Å². The van der Waals surface area contributed by atoms with E-state index in [9.17, 15) is 0 Å². The summed E-state index contributed by atoms with van der Waals surface area (Å²) in [6.45, 7) is 3.19. The lowest BCUT2D eigenvalue weighted by Gasteiger charge is -2.45. The first-order chi connectivity index (χ1) is 10.2. The van der Waals surface area contributed by atoms with E-state index >= 15 is 0 Å². The van der Waals surface area contributed by atoms with Crippen molar-refractivity contribution in [2.24, 2.45) is 11.7 Å². The molecule has 2 aliphatic rings. The molecule has 0 radical (unpaired) electrons. The first-order valence-electron chi connectivity index (χ1n) is 9.65. The first kappa shape index (κ1) is 17.3. The van der Waals surface area contributed by atoms with Crippen molar-refractivity contribution >= 4 is 0 Å². The summed E-state index contributed by atoms with van der Waals surface area (Å²) in [5, 5.41) is 0. The van der Waals surface area contributed by atoms with Crippen LogP contribution in [0.3, 0.4) is 0 Å². The lowest BCUT2D eigenvalue weighted by Crippen LogP contribution is -2.55. The Morgan fingerprint density at radius 1 is 0.952 bits per heavy atom. The third kappa shape index (κ3) is 4.45. The topological polar surface area (TPSA) is 29.3 Å². The van der Waals surface area contributed by atoms with E-state index in [1.807, 2.05) is 0 Å². The van der Waals surface area contributed by atoms with Crippen LogP contribution >= 0.6 is 0 Å². The molecule has 0 heterocycles. The van der Waals surface area contributed by atoms with Crippen LogP contribution in [0.4, 0.5) is 0 Å². The lowest BCUT2D eigenvalue weighted by molar-refractivity contribution is 0.0541. The molecule has 0 saturated heterocycles. The molecule has 2 nitrogen and oxygen atoms in total. The Hall–Kier alpha value is -0.0800. The van der Waals surface area contributed by atoms with Gasteiger partial charge in [0.1, 0.15) is 0 Å². The maximum atomic E-state index is 6.33. The highest BCUT2D eigenvalue weighted by Gasteiger charge is 2.38. The molecule has 21 heavy (non-hydrogen) atoms. The number of hydrogen-bond acceptors (Lipinski definition) is 2. The summed E-state index contributed by atoms with van der Waals surface area (Å²) in [6.07, 6.45) is 18.2. The summed E-state index contributed by atoms with van der Waals surface area (Å²) in [6, 6.07) is 0.791. The maximum Gasteiger partial charge on any atom is 0.0331 e. The van der Waals surface area contributed by atoms with Gasteiger partial charge in [-0.15, -0.1) is 0 Å². The Labute approximate surface area is 132 Å². The van der Waals surface area contributed by atoms with Crippen molar-refractivity contribution in [3.05, 3.63) is 0 Å². The fourth-order valence-corrected chi connectivity index (χ4v) is 4.89. The molecule has 0 bridgehead atoms. The highest BCUT2D eigenvalue weighted by Crippen LogP contribution is 2.38. The summed E-state index contributed by atoms with van der Waals surface area (Å²) < 4.78 is 0. The normalized spacial score (nSPS) is 32.9. The minimum absolute atomic E-state index is 0.303. The van der Waals surface area contributed by atoms with Crippen molar-refractivity contribution < 1.29 is 0 Å². The molecule has 0 aromatic carbocycles. The van der Waals surface area contributed by atoms with E-state index in [4.69, 9.17) is 5.73 Å². The molecule has 2 aliphatic carbocycles. The third-order valence-corrected chi connectivity index (χ3v) is 6.47. The summed E-state index contributed by atoms with van der Waals surface area (Å²) in [5.41, 5.74) is 6.64. The number of likely N-dealkylation sites (N-methyl/N-ethyl adjacent to an activating group) is 1. The van der Waals surface area contributed by atoms with Crippen LogP contribution in [0.25, 0.3) is 0 Å². The Morgan fingerprint density at radius 2 is 1.67 bits per heavy atom. The summed E-state index contributed by atoms with van der Waals surface area (Å²) >= 11 is 0. The Morgan fingerprint density at radius 3 is 2.29 bits per heavy atom. The largest absolute Gasteiger partial charge is 0.329 e. The zero-order valence-corrected chi connectivity index (χ0v) is 14.6. The van der Waals surface area contributed by atoms with Crippen molar-refractivity contribution in [2.45, 2.75) is 102 Å². The SMILES string of the molecule is CCCC1CCCC(CN)(N(C)C2CCCCCC2)CC1. The van der Waals surface area contributed by atoms with Crippen LogP contribution in [0.15, 0.2) is 0 Å². The molecule has 0 spiro atoms. The van der Waals surface area contributed by atoms with E-state index in [2.05, 4.69) is 18.9 Å². The number of nitrogens with zero attached hydrogens (tertiary/aromatic N) is 1. The van der Waals surface area contributed by atoms with Gasteiger partial charge >= 0.3 is 0 Å². The first-order valence-corrected chi connectivity index (χ1v) is 9.65. The van der Waals surface area contributed by atoms with Gasteiger partial charge in [-0.1, -0.05) is 58.3 Å². The second-order valence-corrected chi connectivity index (χ2v) is 7.77. The van der Waals surface area contributed by atoms with Crippen molar-refractivity contribution in [3.8, 4) is 0 Å². The van der Waals surface area contributed by atoms with Gasteiger partial charge in [-0.25, -0.2) is 0 Å². The minimum Gasteiger partial charge on any atom is -0.329 e. The van der Waals surface area contributed by atoms with Gasteiger partial charge in [0.15, 0.2) is 0 Å². The van der Waals surface area contributed by atoms with Crippen LogP contribution in [-0.2, 0) is 0 Å². The van der Waals surface area contributed by atoms with Gasteiger partial charge in [0.25, 0.3) is 0 Å². The molecule has 0 aromatic heterocycles. The Kier molecular flexibility index (Phi) is 7.01. The van der Waals surface area contributed by atoms with E-state index in [1.165, 1.54) is 83.5 Å². The second-order valence-electron chi connectivity index (χ2n) is 7.77. The molecular formula is C19H38N2. The third-order valence-electron chi connectivity index (χ3n) is 6.47. The second kappa shape index (κ2) is 8.53. The van der Waals surface area contributed by atoms with Crippen molar-refractivity contribution in [2.75, 3.05) is 13.6 Å². The molecule has 2 saturated carbocycles. The number of hydrogen-bond donors (Lipinski definition) is 1. The molecule has 2 atom stereocenters. The molecule has 2 N–H and O–H groups in total. The van der Waals surface area contributed by atoms with Gasteiger partial charge in [-0.2, -0.15) is 0 Å². The Bertz CT molecular complexity index is 283. The highest BCUT2D eigenvalue weighted by atomic mass is 15.2. The standard InChI is InChI=1S/C19H38N2/c1-3-9-17-10-8-14-19(16-20,15-13-17)21(2)18-11-6-4-5-7-12-18/h17-18H,3-16,20H2,1-2H3. The van der Waals surface area contributed by atoms with Crippen LogP contribution in [0.1, 0.15) is 90.4 Å². The average molecular weight is 295 g/mol. The molecule has 2 fully saturated rings. The number of nitrogens with two attached hydrogens (primary N) is 1. The monoisotopic (exact) mass is 294 g/mol. The molecule has 0 aliphatic heterocycles. The minimum atomic E-state index is 0.303. The molecule has 0 aromatic rings. The van der Waals surface area contributed by atoms with Gasteiger partial charge in [0, 0.05) is 18.1 Å². The van der Waals surface area contributed by atoms with Crippen molar-refractivity contribution in [1.82, 2.24) is 4.90 Å². The van der Waals surface area contributed by atoms with Crippen molar-refractivity contribution in [1.29, 1.82) is 0 Å². The van der Waals surface area contributed by atoms with Gasteiger partial charge < -0.3 is 5.73 Å². The van der Waals surface area contributed by atoms with Crippen LogP contribution in [0.2, 0.25) is 0 Å². The fourth-order valence-electron chi connectivity index (χ4n) is 4.89. The van der Waals surface area contributed by atoms with Gasteiger partial charge in [-0.3, -0.25) is 4.90 Å². The molecule has 0 amide bonds. The predicted octanol–water partition coefficient (Wildman–Crippen LogP) is 4.72. The molecule has 2 rings (SSSR count). The predicted molar refractivity (Wildman–Crippen MR) is 92.5 cm³/mol. The Balaban J connectivity index is 2.01. The summed E-state index contributed by atoms with van der Waals surface area (Å²) in [5.74, 6) is 0.964. The summed E-state index contributed by atoms with van der Waals surface area (Å²) in [4.78, 5) is 2.74. The molecule has 124 valence electrons. The molecule has 2 unspecified atom stereocenters. The van der Waals surface area contributed by atoms with E-state index in [0.29, 0.717) is 5.54 Å². The average Bonchev–Trinajstić information content (AvgIpc) is 2.88. The van der Waals surface area contributed by atoms with E-state index in [-0.39, 0.29) is 0 Å². The van der Waals surface area contributed by atoms with Gasteiger partial charge in [0.05, 0.1) is 0 Å². The zero-order chi connectivity index (χ0) is 15.1.